The first-order valence-electron chi connectivity index (χ1n) is 5.14. The lowest BCUT2D eigenvalue weighted by atomic mass is 10.3. The number of hydrogen-bond acceptors (Lipinski definition) is 4. The lowest BCUT2D eigenvalue weighted by molar-refractivity contribution is 1.17. The highest BCUT2D eigenvalue weighted by atomic mass is 32.1. The summed E-state index contributed by atoms with van der Waals surface area (Å²) >= 11 is 1.66. The Kier molecular flexibility index (Phi) is 2.38. The number of thiophene rings is 1. The summed E-state index contributed by atoms with van der Waals surface area (Å²) in [5, 5.41) is 5.59. The Morgan fingerprint density at radius 1 is 1.29 bits per heavy atom. The third-order valence-electron chi connectivity index (χ3n) is 2.52. The van der Waals surface area contributed by atoms with Crippen LogP contribution in [0.5, 0.6) is 0 Å². The molecule has 17 heavy (non-hydrogen) atoms. The van der Waals surface area contributed by atoms with Crippen molar-refractivity contribution in [3.8, 4) is 10.7 Å². The van der Waals surface area contributed by atoms with Gasteiger partial charge in [-0.05, 0) is 23.6 Å². The number of rotatable bonds is 2. The van der Waals surface area contributed by atoms with E-state index in [1.54, 1.807) is 17.6 Å². The van der Waals surface area contributed by atoms with Gasteiger partial charge in [-0.3, -0.25) is 4.40 Å². The standard InChI is InChI=1S/C12H10N4S/c13-14-8-9-10-4-1-2-6-16(10)12(15-9)11-5-3-7-17-11/h1-8H,13H2. The molecule has 0 saturated heterocycles. The molecule has 2 N–H and O–H groups in total. The summed E-state index contributed by atoms with van der Waals surface area (Å²) in [6, 6.07) is 10.0. The number of aromatic nitrogens is 2. The molecule has 0 radical (unpaired) electrons. The molecule has 0 aliphatic rings. The molecule has 3 heterocycles. The Bertz CT molecular complexity index is 667. The highest BCUT2D eigenvalue weighted by Crippen LogP contribution is 2.25. The monoisotopic (exact) mass is 242 g/mol. The van der Waals surface area contributed by atoms with E-state index < -0.39 is 0 Å². The molecule has 3 rings (SSSR count). The normalized spacial score (nSPS) is 11.5. The summed E-state index contributed by atoms with van der Waals surface area (Å²) in [4.78, 5) is 5.69. The SMILES string of the molecule is NN=Cc1nc(-c2cccs2)n2ccccc12. The van der Waals surface area contributed by atoms with Crippen molar-refractivity contribution in [1.29, 1.82) is 0 Å². The van der Waals surface area contributed by atoms with Gasteiger partial charge in [0.15, 0.2) is 5.82 Å². The van der Waals surface area contributed by atoms with Crippen LogP contribution in [0.4, 0.5) is 0 Å². The van der Waals surface area contributed by atoms with Gasteiger partial charge >= 0.3 is 0 Å². The van der Waals surface area contributed by atoms with Crippen molar-refractivity contribution in [3.63, 3.8) is 0 Å². The van der Waals surface area contributed by atoms with E-state index in [0.29, 0.717) is 0 Å². The van der Waals surface area contributed by atoms with Crippen molar-refractivity contribution in [2.75, 3.05) is 0 Å². The van der Waals surface area contributed by atoms with Gasteiger partial charge < -0.3 is 5.84 Å². The first-order chi connectivity index (χ1) is 8.40. The predicted molar refractivity (Wildman–Crippen MR) is 70.3 cm³/mol. The number of nitrogens with zero attached hydrogens (tertiary/aromatic N) is 3. The topological polar surface area (TPSA) is 55.7 Å². The molecule has 0 bridgehead atoms. The molecule has 0 aromatic carbocycles. The molecule has 4 nitrogen and oxygen atoms in total. The molecule has 0 fully saturated rings. The zero-order valence-corrected chi connectivity index (χ0v) is 9.76. The van der Waals surface area contributed by atoms with E-state index in [1.807, 2.05) is 40.2 Å². The minimum atomic E-state index is 0.788. The summed E-state index contributed by atoms with van der Waals surface area (Å²) in [7, 11) is 0. The summed E-state index contributed by atoms with van der Waals surface area (Å²) in [6.07, 6.45) is 3.57. The lowest BCUT2D eigenvalue weighted by Gasteiger charge is -1.96. The van der Waals surface area contributed by atoms with Crippen LogP contribution in [0.1, 0.15) is 5.69 Å². The highest BCUT2D eigenvalue weighted by Gasteiger charge is 2.11. The van der Waals surface area contributed by atoms with Crippen LogP contribution in [-0.4, -0.2) is 15.6 Å². The first kappa shape index (κ1) is 10.0. The molecule has 0 amide bonds. The second-order valence-corrected chi connectivity index (χ2v) is 4.48. The molecule has 5 heteroatoms. The minimum absolute atomic E-state index is 0.788. The predicted octanol–water partition coefficient (Wildman–Crippen LogP) is 2.36. The quantitative estimate of drug-likeness (QED) is 0.426. The van der Waals surface area contributed by atoms with Gasteiger partial charge in [-0.25, -0.2) is 4.98 Å². The van der Waals surface area contributed by atoms with Crippen LogP contribution < -0.4 is 5.84 Å². The van der Waals surface area contributed by atoms with Crippen molar-refractivity contribution in [2.24, 2.45) is 10.9 Å². The molecule has 3 aromatic heterocycles. The Labute approximate surface area is 102 Å². The third-order valence-corrected chi connectivity index (χ3v) is 3.38. The zero-order chi connectivity index (χ0) is 11.7. The molecule has 3 aromatic rings. The minimum Gasteiger partial charge on any atom is -0.323 e. The second kappa shape index (κ2) is 4.03. The van der Waals surface area contributed by atoms with Gasteiger partial charge in [-0.2, -0.15) is 5.10 Å². The van der Waals surface area contributed by atoms with Gasteiger partial charge in [0.05, 0.1) is 16.6 Å². The van der Waals surface area contributed by atoms with E-state index in [2.05, 4.69) is 16.2 Å². The van der Waals surface area contributed by atoms with Crippen molar-refractivity contribution in [2.45, 2.75) is 0 Å². The maximum Gasteiger partial charge on any atom is 0.155 e. The van der Waals surface area contributed by atoms with Gasteiger partial charge in [-0.15, -0.1) is 11.3 Å². The number of imidazole rings is 1. The van der Waals surface area contributed by atoms with Gasteiger partial charge in [0.1, 0.15) is 5.69 Å². The van der Waals surface area contributed by atoms with E-state index in [9.17, 15) is 0 Å². The summed E-state index contributed by atoms with van der Waals surface area (Å²) in [5.41, 5.74) is 1.79. The lowest BCUT2D eigenvalue weighted by Crippen LogP contribution is -1.87. The maximum absolute atomic E-state index is 5.20. The Hall–Kier alpha value is -2.14. The fraction of sp³-hybridized carbons (Fsp3) is 0. The Balaban J connectivity index is 2.32. The average molecular weight is 242 g/mol. The molecule has 0 aliphatic heterocycles. The van der Waals surface area contributed by atoms with E-state index in [1.165, 1.54) is 0 Å². The number of hydrazone groups is 1. The molecule has 84 valence electrons. The maximum atomic E-state index is 5.20. The molecule has 0 atom stereocenters. The van der Waals surface area contributed by atoms with E-state index in [0.717, 1.165) is 21.9 Å². The number of fused-ring (bicyclic) bond motifs is 1. The van der Waals surface area contributed by atoms with Crippen LogP contribution in [0.15, 0.2) is 47.0 Å². The van der Waals surface area contributed by atoms with E-state index >= 15 is 0 Å². The summed E-state index contributed by atoms with van der Waals surface area (Å²) < 4.78 is 2.04. The molecule has 0 spiro atoms. The Morgan fingerprint density at radius 2 is 2.24 bits per heavy atom. The summed E-state index contributed by atoms with van der Waals surface area (Å²) in [5.74, 6) is 6.12. The van der Waals surface area contributed by atoms with Crippen LogP contribution in [0.2, 0.25) is 0 Å². The van der Waals surface area contributed by atoms with Crippen molar-refractivity contribution < 1.29 is 0 Å². The fourth-order valence-corrected chi connectivity index (χ4v) is 2.52. The number of pyridine rings is 1. The number of hydrogen-bond donors (Lipinski definition) is 1. The average Bonchev–Trinajstić information content (AvgIpc) is 2.97. The van der Waals surface area contributed by atoms with Crippen LogP contribution >= 0.6 is 11.3 Å². The summed E-state index contributed by atoms with van der Waals surface area (Å²) in [6.45, 7) is 0. The van der Waals surface area contributed by atoms with Crippen molar-refractivity contribution >= 4 is 23.1 Å². The number of nitrogens with two attached hydrogens (primary N) is 1. The van der Waals surface area contributed by atoms with Crippen molar-refractivity contribution in [3.05, 3.63) is 47.6 Å². The van der Waals surface area contributed by atoms with E-state index in [4.69, 9.17) is 5.84 Å². The van der Waals surface area contributed by atoms with Gasteiger partial charge in [-0.1, -0.05) is 12.1 Å². The van der Waals surface area contributed by atoms with Gasteiger partial charge in [0.2, 0.25) is 0 Å². The molecule has 0 saturated carbocycles. The Morgan fingerprint density at radius 3 is 3.00 bits per heavy atom. The molecule has 0 aliphatic carbocycles. The van der Waals surface area contributed by atoms with Crippen LogP contribution in [0.3, 0.4) is 0 Å². The highest BCUT2D eigenvalue weighted by molar-refractivity contribution is 7.13. The van der Waals surface area contributed by atoms with Gasteiger partial charge in [0.25, 0.3) is 0 Å². The zero-order valence-electron chi connectivity index (χ0n) is 8.95. The first-order valence-corrected chi connectivity index (χ1v) is 6.02. The molecular formula is C12H10N4S. The van der Waals surface area contributed by atoms with Crippen molar-refractivity contribution in [1.82, 2.24) is 9.38 Å². The van der Waals surface area contributed by atoms with Crippen LogP contribution in [-0.2, 0) is 0 Å². The molecular weight excluding hydrogens is 232 g/mol. The second-order valence-electron chi connectivity index (χ2n) is 3.53. The fourth-order valence-electron chi connectivity index (χ4n) is 1.81. The smallest absolute Gasteiger partial charge is 0.155 e. The third kappa shape index (κ3) is 1.60. The largest absolute Gasteiger partial charge is 0.323 e. The van der Waals surface area contributed by atoms with Crippen LogP contribution in [0.25, 0.3) is 16.2 Å². The van der Waals surface area contributed by atoms with E-state index in [-0.39, 0.29) is 0 Å². The molecule has 0 unspecified atom stereocenters. The van der Waals surface area contributed by atoms with Crippen LogP contribution in [0, 0.1) is 0 Å². The van der Waals surface area contributed by atoms with Gasteiger partial charge in [0, 0.05) is 6.20 Å².